The second-order valence-electron chi connectivity index (χ2n) is 4.60. The summed E-state index contributed by atoms with van der Waals surface area (Å²) in [5.41, 5.74) is 5.60. The molecule has 1 fully saturated rings. The highest BCUT2D eigenvalue weighted by molar-refractivity contribution is 5.32. The van der Waals surface area contributed by atoms with Crippen molar-refractivity contribution in [2.75, 3.05) is 24.2 Å². The van der Waals surface area contributed by atoms with Crippen molar-refractivity contribution in [2.45, 2.75) is 39.0 Å². The van der Waals surface area contributed by atoms with Crippen LogP contribution in [0, 0.1) is 5.92 Å². The molecule has 3 N–H and O–H groups in total. The highest BCUT2D eigenvalue weighted by Crippen LogP contribution is 2.27. The first kappa shape index (κ1) is 12.9. The van der Waals surface area contributed by atoms with E-state index >= 15 is 0 Å². The first-order chi connectivity index (χ1) is 8.78. The zero-order valence-electron chi connectivity index (χ0n) is 10.9. The van der Waals surface area contributed by atoms with E-state index in [1.165, 1.54) is 25.7 Å². The molecule has 1 saturated carbocycles. The summed E-state index contributed by atoms with van der Waals surface area (Å²) in [6.07, 6.45) is 6.61. The van der Waals surface area contributed by atoms with E-state index in [-0.39, 0.29) is 12.0 Å². The maximum absolute atomic E-state index is 5.60. The van der Waals surface area contributed by atoms with Crippen LogP contribution in [-0.2, 0) is 0 Å². The van der Waals surface area contributed by atoms with Gasteiger partial charge in [-0.2, -0.15) is 15.0 Å². The molecule has 2 rings (SSSR count). The first-order valence-corrected chi connectivity index (χ1v) is 6.66. The molecule has 0 aliphatic heterocycles. The van der Waals surface area contributed by atoms with Crippen LogP contribution in [0.4, 0.5) is 11.9 Å². The van der Waals surface area contributed by atoms with Crippen molar-refractivity contribution < 1.29 is 4.74 Å². The predicted molar refractivity (Wildman–Crippen MR) is 70.5 cm³/mol. The third-order valence-corrected chi connectivity index (χ3v) is 3.22. The number of ether oxygens (including phenoxy) is 1. The van der Waals surface area contributed by atoms with Gasteiger partial charge in [0.05, 0.1) is 6.61 Å². The van der Waals surface area contributed by atoms with Gasteiger partial charge in [-0.25, -0.2) is 0 Å². The van der Waals surface area contributed by atoms with Gasteiger partial charge in [-0.1, -0.05) is 25.7 Å². The van der Waals surface area contributed by atoms with Crippen LogP contribution < -0.4 is 15.8 Å². The molecule has 0 saturated heterocycles. The van der Waals surface area contributed by atoms with E-state index in [0.717, 1.165) is 18.9 Å². The smallest absolute Gasteiger partial charge is 0.323 e. The Morgan fingerprint density at radius 2 is 2.06 bits per heavy atom. The zero-order chi connectivity index (χ0) is 12.8. The number of aromatic nitrogens is 3. The van der Waals surface area contributed by atoms with Crippen LogP contribution in [0.3, 0.4) is 0 Å². The minimum Gasteiger partial charge on any atom is -0.464 e. The van der Waals surface area contributed by atoms with Gasteiger partial charge in [-0.05, 0) is 19.3 Å². The third kappa shape index (κ3) is 3.72. The summed E-state index contributed by atoms with van der Waals surface area (Å²) in [5, 5.41) is 3.19. The SMILES string of the molecule is CCOc1nc(N)nc(NCCC2CCCC2)n1. The maximum Gasteiger partial charge on any atom is 0.323 e. The summed E-state index contributed by atoms with van der Waals surface area (Å²) in [6, 6.07) is 0.286. The van der Waals surface area contributed by atoms with Crippen LogP contribution in [0.15, 0.2) is 0 Å². The van der Waals surface area contributed by atoms with Gasteiger partial charge in [0.2, 0.25) is 11.9 Å². The van der Waals surface area contributed by atoms with Crippen molar-refractivity contribution in [3.05, 3.63) is 0 Å². The minimum atomic E-state index is 0.191. The molecule has 0 radical (unpaired) electrons. The molecule has 1 heterocycles. The van der Waals surface area contributed by atoms with Crippen LogP contribution >= 0.6 is 0 Å². The molecule has 0 spiro atoms. The van der Waals surface area contributed by atoms with Crippen LogP contribution in [0.2, 0.25) is 0 Å². The van der Waals surface area contributed by atoms with Crippen molar-refractivity contribution in [3.8, 4) is 6.01 Å². The summed E-state index contributed by atoms with van der Waals surface area (Å²) in [4.78, 5) is 12.1. The van der Waals surface area contributed by atoms with E-state index in [4.69, 9.17) is 10.5 Å². The van der Waals surface area contributed by atoms with E-state index in [2.05, 4.69) is 20.3 Å². The van der Waals surface area contributed by atoms with E-state index in [1.54, 1.807) is 0 Å². The van der Waals surface area contributed by atoms with Crippen molar-refractivity contribution in [2.24, 2.45) is 5.92 Å². The van der Waals surface area contributed by atoms with Gasteiger partial charge in [0.1, 0.15) is 0 Å². The number of nitrogen functional groups attached to an aromatic ring is 1. The van der Waals surface area contributed by atoms with Crippen LogP contribution in [0.25, 0.3) is 0 Å². The number of nitrogens with two attached hydrogens (primary N) is 1. The van der Waals surface area contributed by atoms with Crippen LogP contribution in [0.5, 0.6) is 6.01 Å². The maximum atomic E-state index is 5.60. The molecule has 18 heavy (non-hydrogen) atoms. The molecule has 1 aliphatic rings. The largest absolute Gasteiger partial charge is 0.464 e. The van der Waals surface area contributed by atoms with Gasteiger partial charge < -0.3 is 15.8 Å². The van der Waals surface area contributed by atoms with E-state index in [9.17, 15) is 0 Å². The lowest BCUT2D eigenvalue weighted by Crippen LogP contribution is -2.12. The summed E-state index contributed by atoms with van der Waals surface area (Å²) < 4.78 is 5.22. The lowest BCUT2D eigenvalue weighted by molar-refractivity contribution is 0.312. The van der Waals surface area contributed by atoms with Crippen LogP contribution in [0.1, 0.15) is 39.0 Å². The normalized spacial score (nSPS) is 15.8. The Balaban J connectivity index is 1.83. The second kappa shape index (κ2) is 6.37. The van der Waals surface area contributed by atoms with Crippen molar-refractivity contribution >= 4 is 11.9 Å². The van der Waals surface area contributed by atoms with E-state index < -0.39 is 0 Å². The molecular formula is C12H21N5O. The number of nitrogens with one attached hydrogen (secondary N) is 1. The lowest BCUT2D eigenvalue weighted by Gasteiger charge is -2.10. The van der Waals surface area contributed by atoms with Gasteiger partial charge in [0.25, 0.3) is 0 Å². The highest BCUT2D eigenvalue weighted by Gasteiger charge is 2.14. The molecule has 100 valence electrons. The predicted octanol–water partition coefficient (Wildman–Crippen LogP) is 1.84. The minimum absolute atomic E-state index is 0.191. The average molecular weight is 251 g/mol. The standard InChI is InChI=1S/C12H21N5O/c1-2-18-12-16-10(13)15-11(17-12)14-8-7-9-5-3-4-6-9/h9H,2-8H2,1H3,(H3,13,14,15,16,17). The number of rotatable bonds is 6. The van der Waals surface area contributed by atoms with Crippen molar-refractivity contribution in [1.29, 1.82) is 0 Å². The summed E-state index contributed by atoms with van der Waals surface area (Å²) in [7, 11) is 0. The lowest BCUT2D eigenvalue weighted by atomic mass is 10.0. The Kier molecular flexibility index (Phi) is 4.55. The second-order valence-corrected chi connectivity index (χ2v) is 4.60. The van der Waals surface area contributed by atoms with E-state index in [0.29, 0.717) is 12.6 Å². The molecule has 6 heteroatoms. The molecular weight excluding hydrogens is 230 g/mol. The van der Waals surface area contributed by atoms with E-state index in [1.807, 2.05) is 6.92 Å². The third-order valence-electron chi connectivity index (χ3n) is 3.22. The molecule has 6 nitrogen and oxygen atoms in total. The van der Waals surface area contributed by atoms with Crippen LogP contribution in [-0.4, -0.2) is 28.1 Å². The highest BCUT2D eigenvalue weighted by atomic mass is 16.5. The van der Waals surface area contributed by atoms with Crippen molar-refractivity contribution in [1.82, 2.24) is 15.0 Å². The molecule has 1 aliphatic carbocycles. The Bertz CT molecular complexity index is 379. The van der Waals surface area contributed by atoms with Gasteiger partial charge in [-0.3, -0.25) is 0 Å². The summed E-state index contributed by atoms with van der Waals surface area (Å²) in [6.45, 7) is 3.28. The van der Waals surface area contributed by atoms with Gasteiger partial charge in [0.15, 0.2) is 0 Å². The Hall–Kier alpha value is -1.59. The van der Waals surface area contributed by atoms with Gasteiger partial charge in [-0.15, -0.1) is 0 Å². The van der Waals surface area contributed by atoms with Gasteiger partial charge in [0, 0.05) is 6.54 Å². The van der Waals surface area contributed by atoms with Crippen molar-refractivity contribution in [3.63, 3.8) is 0 Å². The molecule has 0 atom stereocenters. The molecule has 0 bridgehead atoms. The number of anilines is 2. The molecule has 1 aromatic rings. The fraction of sp³-hybridized carbons (Fsp3) is 0.750. The fourth-order valence-corrected chi connectivity index (χ4v) is 2.33. The number of hydrogen-bond donors (Lipinski definition) is 2. The molecule has 0 unspecified atom stereocenters. The summed E-state index contributed by atoms with van der Waals surface area (Å²) in [5.74, 6) is 1.55. The number of hydrogen-bond acceptors (Lipinski definition) is 6. The quantitative estimate of drug-likeness (QED) is 0.802. The van der Waals surface area contributed by atoms with Gasteiger partial charge >= 0.3 is 6.01 Å². The topological polar surface area (TPSA) is 86.0 Å². The number of nitrogens with zero attached hydrogens (tertiary/aromatic N) is 3. The first-order valence-electron chi connectivity index (χ1n) is 6.66. The Labute approximate surface area is 107 Å². The molecule has 0 amide bonds. The molecule has 1 aromatic heterocycles. The zero-order valence-corrected chi connectivity index (χ0v) is 10.9. The monoisotopic (exact) mass is 251 g/mol. The Morgan fingerprint density at radius 1 is 1.28 bits per heavy atom. The molecule has 0 aromatic carbocycles. The average Bonchev–Trinajstić information content (AvgIpc) is 2.82. The summed E-state index contributed by atoms with van der Waals surface area (Å²) >= 11 is 0. The Morgan fingerprint density at radius 3 is 2.78 bits per heavy atom. The fourth-order valence-electron chi connectivity index (χ4n) is 2.33.